The number of hydrogen-bond donors (Lipinski definition) is 1. The van der Waals surface area contributed by atoms with Crippen molar-refractivity contribution in [3.8, 4) is 0 Å². The van der Waals surface area contributed by atoms with Gasteiger partial charge in [-0.1, -0.05) is 0 Å². The fourth-order valence-corrected chi connectivity index (χ4v) is 2.23. The standard InChI is InChI=1S/C9H14N4OS/c1-2-7(1)10-9-11-8(12-15-9)13-3-5-14-6-4-13/h7H,1-6H2,(H,10,11,12). The van der Waals surface area contributed by atoms with Gasteiger partial charge in [0, 0.05) is 30.7 Å². The van der Waals surface area contributed by atoms with Crippen LogP contribution < -0.4 is 10.2 Å². The molecule has 1 N–H and O–H groups in total. The van der Waals surface area contributed by atoms with Gasteiger partial charge in [-0.3, -0.25) is 0 Å². The Balaban J connectivity index is 1.65. The lowest BCUT2D eigenvalue weighted by Gasteiger charge is -2.25. The van der Waals surface area contributed by atoms with Gasteiger partial charge in [-0.25, -0.2) is 0 Å². The SMILES string of the molecule is C1CN(c2nsc(NC3CC3)n2)CCO1. The number of rotatable bonds is 3. The number of morpholine rings is 1. The lowest BCUT2D eigenvalue weighted by Crippen LogP contribution is -2.36. The highest BCUT2D eigenvalue weighted by Crippen LogP contribution is 2.27. The van der Waals surface area contributed by atoms with E-state index in [-0.39, 0.29) is 0 Å². The summed E-state index contributed by atoms with van der Waals surface area (Å²) in [5.41, 5.74) is 0. The van der Waals surface area contributed by atoms with Crippen LogP contribution in [0.5, 0.6) is 0 Å². The van der Waals surface area contributed by atoms with E-state index in [1.165, 1.54) is 24.4 Å². The van der Waals surface area contributed by atoms with E-state index in [0.717, 1.165) is 37.4 Å². The highest BCUT2D eigenvalue weighted by atomic mass is 32.1. The van der Waals surface area contributed by atoms with Gasteiger partial charge in [0.1, 0.15) is 0 Å². The van der Waals surface area contributed by atoms with Crippen LogP contribution in [0.15, 0.2) is 0 Å². The molecule has 0 radical (unpaired) electrons. The van der Waals surface area contributed by atoms with Crippen LogP contribution in [0, 0.1) is 0 Å². The third-order valence-corrected chi connectivity index (χ3v) is 3.25. The predicted octanol–water partition coefficient (Wildman–Crippen LogP) is 0.949. The van der Waals surface area contributed by atoms with Crippen LogP contribution in [-0.2, 0) is 4.74 Å². The highest BCUT2D eigenvalue weighted by molar-refractivity contribution is 7.09. The Morgan fingerprint density at radius 2 is 2.13 bits per heavy atom. The lowest BCUT2D eigenvalue weighted by molar-refractivity contribution is 0.122. The molecule has 5 nitrogen and oxygen atoms in total. The molecule has 1 saturated carbocycles. The van der Waals surface area contributed by atoms with Gasteiger partial charge in [-0.15, -0.1) is 0 Å². The fraction of sp³-hybridized carbons (Fsp3) is 0.778. The minimum Gasteiger partial charge on any atom is -0.378 e. The Hall–Kier alpha value is -0.880. The van der Waals surface area contributed by atoms with E-state index < -0.39 is 0 Å². The van der Waals surface area contributed by atoms with Gasteiger partial charge in [0.25, 0.3) is 0 Å². The smallest absolute Gasteiger partial charge is 0.239 e. The summed E-state index contributed by atoms with van der Waals surface area (Å²) in [7, 11) is 0. The number of aromatic nitrogens is 2. The lowest BCUT2D eigenvalue weighted by atomic mass is 10.4. The zero-order valence-electron chi connectivity index (χ0n) is 8.48. The largest absolute Gasteiger partial charge is 0.378 e. The normalized spacial score (nSPS) is 21.7. The number of nitrogens with one attached hydrogen (secondary N) is 1. The third-order valence-electron chi connectivity index (χ3n) is 2.61. The van der Waals surface area contributed by atoms with E-state index in [9.17, 15) is 0 Å². The average molecular weight is 226 g/mol. The second-order valence-electron chi connectivity index (χ2n) is 3.92. The minimum atomic E-state index is 0.649. The summed E-state index contributed by atoms with van der Waals surface area (Å²) in [6.07, 6.45) is 2.54. The van der Waals surface area contributed by atoms with E-state index in [1.54, 1.807) is 0 Å². The summed E-state index contributed by atoms with van der Waals surface area (Å²) < 4.78 is 9.65. The van der Waals surface area contributed by atoms with Gasteiger partial charge < -0.3 is 15.0 Å². The molecule has 1 aliphatic carbocycles. The Morgan fingerprint density at radius 1 is 1.33 bits per heavy atom. The molecule has 2 heterocycles. The van der Waals surface area contributed by atoms with Crippen molar-refractivity contribution >= 4 is 22.6 Å². The van der Waals surface area contributed by atoms with Crippen LogP contribution in [0.1, 0.15) is 12.8 Å². The molecule has 82 valence electrons. The molecule has 1 aromatic heterocycles. The van der Waals surface area contributed by atoms with Crippen molar-refractivity contribution in [1.29, 1.82) is 0 Å². The van der Waals surface area contributed by atoms with E-state index >= 15 is 0 Å². The Morgan fingerprint density at radius 3 is 2.87 bits per heavy atom. The number of ether oxygens (including phenoxy) is 1. The number of hydrogen-bond acceptors (Lipinski definition) is 6. The summed E-state index contributed by atoms with van der Waals surface area (Å²) in [5.74, 6) is 0.853. The van der Waals surface area contributed by atoms with Gasteiger partial charge in [-0.2, -0.15) is 9.36 Å². The van der Waals surface area contributed by atoms with Crippen molar-refractivity contribution in [3.63, 3.8) is 0 Å². The van der Waals surface area contributed by atoms with Crippen LogP contribution in [0.25, 0.3) is 0 Å². The van der Waals surface area contributed by atoms with Crippen molar-refractivity contribution in [2.75, 3.05) is 36.5 Å². The molecule has 2 aliphatic rings. The van der Waals surface area contributed by atoms with E-state index in [1.807, 2.05) is 0 Å². The molecule has 1 aliphatic heterocycles. The highest BCUT2D eigenvalue weighted by Gasteiger charge is 2.23. The second-order valence-corrected chi connectivity index (χ2v) is 4.67. The quantitative estimate of drug-likeness (QED) is 0.831. The fourth-order valence-electron chi connectivity index (χ4n) is 1.57. The van der Waals surface area contributed by atoms with Gasteiger partial charge in [0.05, 0.1) is 13.2 Å². The number of nitrogens with zero attached hydrogens (tertiary/aromatic N) is 3. The summed E-state index contributed by atoms with van der Waals surface area (Å²) in [4.78, 5) is 6.66. The monoisotopic (exact) mass is 226 g/mol. The number of anilines is 2. The molecular formula is C9H14N4OS. The van der Waals surface area contributed by atoms with Gasteiger partial charge >= 0.3 is 0 Å². The first-order valence-electron chi connectivity index (χ1n) is 5.35. The zero-order valence-corrected chi connectivity index (χ0v) is 9.29. The Kier molecular flexibility index (Phi) is 2.46. The maximum absolute atomic E-state index is 5.29. The molecule has 15 heavy (non-hydrogen) atoms. The van der Waals surface area contributed by atoms with E-state index in [0.29, 0.717) is 6.04 Å². The average Bonchev–Trinajstić information content (AvgIpc) is 2.96. The molecule has 0 atom stereocenters. The molecule has 0 unspecified atom stereocenters. The van der Waals surface area contributed by atoms with Gasteiger partial charge in [0.2, 0.25) is 11.1 Å². The van der Waals surface area contributed by atoms with E-state index in [4.69, 9.17) is 4.74 Å². The second kappa shape index (κ2) is 3.94. The topological polar surface area (TPSA) is 50.3 Å². The Bertz CT molecular complexity index is 333. The Labute approximate surface area is 92.6 Å². The molecule has 0 spiro atoms. The summed E-state index contributed by atoms with van der Waals surface area (Å²) >= 11 is 1.46. The van der Waals surface area contributed by atoms with Crippen LogP contribution in [0.2, 0.25) is 0 Å². The molecule has 1 aromatic rings. The molecule has 2 fully saturated rings. The first kappa shape index (κ1) is 9.35. The van der Waals surface area contributed by atoms with Crippen molar-refractivity contribution < 1.29 is 4.74 Å². The van der Waals surface area contributed by atoms with Crippen molar-refractivity contribution in [3.05, 3.63) is 0 Å². The van der Waals surface area contributed by atoms with Gasteiger partial charge in [0.15, 0.2) is 0 Å². The molecule has 6 heteroatoms. The molecule has 0 aromatic carbocycles. The summed E-state index contributed by atoms with van der Waals surface area (Å²) in [6.45, 7) is 3.37. The molecular weight excluding hydrogens is 212 g/mol. The van der Waals surface area contributed by atoms with Crippen LogP contribution in [0.3, 0.4) is 0 Å². The van der Waals surface area contributed by atoms with Crippen molar-refractivity contribution in [1.82, 2.24) is 9.36 Å². The minimum absolute atomic E-state index is 0.649. The van der Waals surface area contributed by atoms with Crippen LogP contribution >= 0.6 is 11.5 Å². The van der Waals surface area contributed by atoms with Crippen LogP contribution in [0.4, 0.5) is 11.1 Å². The third kappa shape index (κ3) is 2.21. The maximum Gasteiger partial charge on any atom is 0.239 e. The maximum atomic E-state index is 5.29. The molecule has 0 amide bonds. The summed E-state index contributed by atoms with van der Waals surface area (Å²) in [6, 6.07) is 0.649. The predicted molar refractivity (Wildman–Crippen MR) is 59.6 cm³/mol. The van der Waals surface area contributed by atoms with Crippen molar-refractivity contribution in [2.24, 2.45) is 0 Å². The molecule has 3 rings (SSSR count). The van der Waals surface area contributed by atoms with Crippen LogP contribution in [-0.4, -0.2) is 41.7 Å². The first-order chi connectivity index (χ1) is 7.42. The molecule has 1 saturated heterocycles. The van der Waals surface area contributed by atoms with Gasteiger partial charge in [-0.05, 0) is 12.8 Å². The van der Waals surface area contributed by atoms with Crippen molar-refractivity contribution in [2.45, 2.75) is 18.9 Å². The zero-order chi connectivity index (χ0) is 10.1. The first-order valence-corrected chi connectivity index (χ1v) is 6.12. The van der Waals surface area contributed by atoms with E-state index in [2.05, 4.69) is 19.6 Å². The summed E-state index contributed by atoms with van der Waals surface area (Å²) in [5, 5.41) is 4.32. The molecule has 0 bridgehead atoms.